The average molecular weight is 921 g/mol. The van der Waals surface area contributed by atoms with E-state index < -0.39 is 5.41 Å². The molecule has 0 spiro atoms. The molecule has 15 rings (SSSR count). The average Bonchev–Trinajstić information content (AvgIpc) is 4.13. The number of aromatic nitrogens is 4. The third kappa shape index (κ3) is 5.63. The van der Waals surface area contributed by atoms with Crippen molar-refractivity contribution in [1.29, 1.82) is 0 Å². The second-order valence-corrected chi connectivity index (χ2v) is 19.8. The van der Waals surface area contributed by atoms with Crippen molar-refractivity contribution in [2.75, 3.05) is 0 Å². The third-order valence-corrected chi connectivity index (χ3v) is 15.8. The van der Waals surface area contributed by atoms with Crippen molar-refractivity contribution >= 4 is 87.2 Å². The quantitative estimate of drug-likeness (QED) is 0.171. The zero-order chi connectivity index (χ0) is 46.4. The van der Waals surface area contributed by atoms with Gasteiger partial charge in [-0.05, 0) is 140 Å². The Balaban J connectivity index is 0.851. The molecule has 1 aliphatic rings. The van der Waals surface area contributed by atoms with E-state index in [9.17, 15) is 9.59 Å². The molecule has 1 atom stereocenters. The van der Waals surface area contributed by atoms with Gasteiger partial charge in [0.25, 0.3) is 11.1 Å². The summed E-state index contributed by atoms with van der Waals surface area (Å²) in [6, 6.07) is 64.6. The summed E-state index contributed by atoms with van der Waals surface area (Å²) in [7, 11) is 0. The van der Waals surface area contributed by atoms with E-state index in [1.807, 2.05) is 66.7 Å². The van der Waals surface area contributed by atoms with Crippen molar-refractivity contribution in [3.8, 4) is 44.5 Å². The van der Waals surface area contributed by atoms with E-state index in [0.29, 0.717) is 44.9 Å². The summed E-state index contributed by atoms with van der Waals surface area (Å²) in [6.45, 7) is 2.30. The van der Waals surface area contributed by atoms with Crippen LogP contribution in [-0.4, -0.2) is 18.8 Å². The molecule has 0 N–H and O–H groups in total. The highest BCUT2D eigenvalue weighted by Crippen LogP contribution is 2.52. The number of nitrogens with zero attached hydrogens (tertiary/aromatic N) is 4. The van der Waals surface area contributed by atoms with Crippen LogP contribution in [0.5, 0.6) is 0 Å². The Hall–Kier alpha value is -8.92. The summed E-state index contributed by atoms with van der Waals surface area (Å²) in [6.07, 6.45) is 0.706. The predicted molar refractivity (Wildman–Crippen MR) is 282 cm³/mol. The van der Waals surface area contributed by atoms with Gasteiger partial charge in [0.05, 0.1) is 32.8 Å². The van der Waals surface area contributed by atoms with E-state index >= 15 is 0 Å². The van der Waals surface area contributed by atoms with Crippen molar-refractivity contribution in [3.05, 3.63) is 225 Å². The van der Waals surface area contributed by atoms with Gasteiger partial charge in [-0.25, -0.2) is 8.80 Å². The van der Waals surface area contributed by atoms with Crippen molar-refractivity contribution in [3.63, 3.8) is 0 Å². The lowest BCUT2D eigenvalue weighted by Crippen LogP contribution is -2.24. The van der Waals surface area contributed by atoms with Gasteiger partial charge in [-0.3, -0.25) is 9.59 Å². The van der Waals surface area contributed by atoms with E-state index in [2.05, 4.69) is 133 Å². The van der Waals surface area contributed by atoms with E-state index in [1.165, 1.54) is 15.8 Å². The Morgan fingerprint density at radius 3 is 1.93 bits per heavy atom. The highest BCUT2D eigenvalue weighted by Gasteiger charge is 2.40. The summed E-state index contributed by atoms with van der Waals surface area (Å²) >= 11 is 1.69. The second-order valence-electron chi connectivity index (χ2n) is 18.7. The summed E-state index contributed by atoms with van der Waals surface area (Å²) in [5.41, 5.74) is 15.1. The van der Waals surface area contributed by atoms with Crippen LogP contribution in [0, 0.1) is 0 Å². The lowest BCUT2D eigenvalue weighted by atomic mass is 9.75. The predicted octanol–water partition coefficient (Wildman–Crippen LogP) is 14.4. The van der Waals surface area contributed by atoms with Crippen LogP contribution in [0.3, 0.4) is 0 Å². The summed E-state index contributed by atoms with van der Waals surface area (Å²) < 4.78 is 18.3. The Labute approximate surface area is 401 Å². The molecule has 0 saturated heterocycles. The Kier molecular flexibility index (Phi) is 7.99. The number of benzene rings is 9. The van der Waals surface area contributed by atoms with Crippen LogP contribution in [-0.2, 0) is 11.8 Å². The first-order chi connectivity index (χ1) is 34.3. The molecule has 9 aromatic carbocycles. The first-order valence-electron chi connectivity index (χ1n) is 23.3. The van der Waals surface area contributed by atoms with Crippen LogP contribution in [0.2, 0.25) is 0 Å². The van der Waals surface area contributed by atoms with E-state index in [1.54, 1.807) is 20.1 Å². The summed E-state index contributed by atoms with van der Waals surface area (Å²) in [4.78, 5) is 38.2. The smallest absolute Gasteiger partial charge is 0.310 e. The maximum absolute atomic E-state index is 14.5. The molecule has 1 unspecified atom stereocenters. The minimum Gasteiger partial charge on any atom is -0.424 e. The highest BCUT2D eigenvalue weighted by molar-refractivity contribution is 7.25. The molecule has 330 valence electrons. The van der Waals surface area contributed by atoms with E-state index in [0.717, 1.165) is 71.1 Å². The second kappa shape index (κ2) is 14.3. The molecule has 0 fully saturated rings. The topological polar surface area (TPSA) is 95.0 Å². The Morgan fingerprint density at radius 1 is 0.457 bits per heavy atom. The first-order valence-corrected chi connectivity index (χ1v) is 24.1. The van der Waals surface area contributed by atoms with Crippen LogP contribution in [0.25, 0.3) is 120 Å². The van der Waals surface area contributed by atoms with Gasteiger partial charge in [-0.15, -0.1) is 11.3 Å². The number of imidazole rings is 2. The van der Waals surface area contributed by atoms with Crippen LogP contribution < -0.4 is 11.1 Å². The van der Waals surface area contributed by atoms with E-state index in [-0.39, 0.29) is 22.8 Å². The number of rotatable bonds is 5. The molecule has 0 aliphatic heterocycles. The van der Waals surface area contributed by atoms with Crippen LogP contribution in [0.15, 0.2) is 206 Å². The normalized spacial score (nSPS) is 14.6. The lowest BCUT2D eigenvalue weighted by molar-refractivity contribution is 0.577. The van der Waals surface area contributed by atoms with Gasteiger partial charge in [0.2, 0.25) is 0 Å². The molecule has 5 aromatic heterocycles. The molecule has 0 bridgehead atoms. The van der Waals surface area contributed by atoms with Gasteiger partial charge in [-0.2, -0.15) is 9.97 Å². The molecular weight excluding hydrogens is 885 g/mol. The van der Waals surface area contributed by atoms with Gasteiger partial charge in [0, 0.05) is 25.6 Å². The van der Waals surface area contributed by atoms with Gasteiger partial charge >= 0.3 is 11.7 Å². The Bertz CT molecular complexity index is 4710. The summed E-state index contributed by atoms with van der Waals surface area (Å²) in [5.74, 6) is 0.552. The maximum atomic E-state index is 14.5. The zero-order valence-electron chi connectivity index (χ0n) is 37.4. The maximum Gasteiger partial charge on any atom is 0.310 e. The van der Waals surface area contributed by atoms with Crippen LogP contribution >= 0.6 is 11.3 Å². The molecule has 5 heterocycles. The molecule has 0 radical (unpaired) electrons. The number of para-hydroxylation sites is 2. The third-order valence-electron chi connectivity index (χ3n) is 14.6. The summed E-state index contributed by atoms with van der Waals surface area (Å²) in [5, 5.41) is 3.21. The van der Waals surface area contributed by atoms with Crippen molar-refractivity contribution in [2.24, 2.45) is 0 Å². The molecule has 8 nitrogen and oxygen atoms in total. The zero-order valence-corrected chi connectivity index (χ0v) is 38.3. The minimum atomic E-state index is -0.439. The van der Waals surface area contributed by atoms with E-state index in [4.69, 9.17) is 13.8 Å². The van der Waals surface area contributed by atoms with Crippen molar-refractivity contribution < 1.29 is 8.83 Å². The highest BCUT2D eigenvalue weighted by atomic mass is 32.1. The number of fused-ring (bicyclic) bond motifs is 14. The van der Waals surface area contributed by atoms with Gasteiger partial charge in [-0.1, -0.05) is 122 Å². The molecule has 9 heteroatoms. The van der Waals surface area contributed by atoms with Gasteiger partial charge in [0.1, 0.15) is 11.2 Å². The van der Waals surface area contributed by atoms with Gasteiger partial charge < -0.3 is 8.83 Å². The number of hydrogen-bond donors (Lipinski definition) is 0. The Morgan fingerprint density at radius 2 is 1.10 bits per heavy atom. The van der Waals surface area contributed by atoms with Crippen molar-refractivity contribution in [2.45, 2.75) is 18.8 Å². The standard InChI is InChI=1S/C61H36N4O4S/c1-61(47-18-7-5-16-41(47)43-29-45-53(31-48(43)61)68-59-62-49-19-8-9-20-51(49)64(59)57(45)66)33-34-12-11-15-36(24-34)39-25-38(35-13-3-2-4-14-35)26-40(27-39)37-22-23-50-52(28-37)65-58(67)46-30-44-42-17-6-10-21-55(42)70-56(44)32-54(46)69-60(65)63-50/h2-32H,33H2,1H3. The number of hydrogen-bond acceptors (Lipinski definition) is 7. The van der Waals surface area contributed by atoms with Gasteiger partial charge in [0.15, 0.2) is 0 Å². The largest absolute Gasteiger partial charge is 0.424 e. The van der Waals surface area contributed by atoms with Crippen LogP contribution in [0.1, 0.15) is 23.6 Å². The molecule has 0 saturated carbocycles. The molecule has 14 aromatic rings. The minimum absolute atomic E-state index is 0.143. The fraction of sp³-hybridized carbons (Fsp3) is 0.0492. The molecule has 70 heavy (non-hydrogen) atoms. The van der Waals surface area contributed by atoms with Crippen LogP contribution in [0.4, 0.5) is 0 Å². The fourth-order valence-corrected chi connectivity index (χ4v) is 12.4. The first kappa shape index (κ1) is 39.1. The SMILES string of the molecule is CC1(Cc2cccc(-c3cc(-c4ccccc4)cc(-c4ccc5nc6oc7cc8sc9ccccc9c8cc7c(=O)n6c5c4)c3)c2)c2ccccc2-c2cc3c(=O)n4c(nc5ccccc54)oc3cc21. The fourth-order valence-electron chi connectivity index (χ4n) is 11.3. The van der Waals surface area contributed by atoms with Crippen molar-refractivity contribution in [1.82, 2.24) is 18.8 Å². The molecular formula is C61H36N4O4S. The molecule has 0 amide bonds. The molecule has 1 aliphatic carbocycles. The monoisotopic (exact) mass is 920 g/mol. The lowest BCUT2D eigenvalue weighted by Gasteiger charge is -2.28. The number of thiophene rings is 1.